The summed E-state index contributed by atoms with van der Waals surface area (Å²) >= 11 is 0. The quantitative estimate of drug-likeness (QED) is 0.703. The molecule has 4 heteroatoms. The van der Waals surface area contributed by atoms with Gasteiger partial charge in [-0.2, -0.15) is 0 Å². The molecule has 0 heterocycles. The Bertz CT molecular complexity index is 202. The van der Waals surface area contributed by atoms with E-state index in [0.717, 1.165) is 0 Å². The molecule has 0 spiro atoms. The van der Waals surface area contributed by atoms with Crippen LogP contribution in [0.5, 0.6) is 0 Å². The van der Waals surface area contributed by atoms with E-state index >= 15 is 0 Å². The third-order valence-corrected chi connectivity index (χ3v) is 3.88. The molecule has 0 aromatic rings. The molecule has 2 N–H and O–H groups in total. The van der Waals surface area contributed by atoms with Gasteiger partial charge in [0.15, 0.2) is 0 Å². The van der Waals surface area contributed by atoms with Crippen molar-refractivity contribution < 1.29 is 13.5 Å². The summed E-state index contributed by atoms with van der Waals surface area (Å²) in [6.45, 7) is 2.11. The standard InChI is InChI=1S/C13H25F2NO/c1-2-10-5-3-4-6-11(10)12(16)7-8-17-9-13(14)15/h10-13H,2-9,16H2,1H3. The van der Waals surface area contributed by atoms with Crippen LogP contribution in [0.3, 0.4) is 0 Å². The van der Waals surface area contributed by atoms with E-state index in [1.165, 1.54) is 32.1 Å². The largest absolute Gasteiger partial charge is 0.375 e. The molecule has 1 aliphatic rings. The Morgan fingerprint density at radius 3 is 2.65 bits per heavy atom. The molecule has 0 bridgehead atoms. The van der Waals surface area contributed by atoms with Crippen LogP contribution in [-0.2, 0) is 4.74 Å². The molecule has 2 nitrogen and oxygen atoms in total. The lowest BCUT2D eigenvalue weighted by molar-refractivity contribution is 0.0121. The molecule has 0 radical (unpaired) electrons. The predicted molar refractivity (Wildman–Crippen MR) is 65.2 cm³/mol. The third kappa shape index (κ3) is 5.30. The first-order valence-electron chi connectivity index (χ1n) is 6.76. The maximum Gasteiger partial charge on any atom is 0.261 e. The molecule has 0 aromatic carbocycles. The predicted octanol–water partition coefficient (Wildman–Crippen LogP) is 3.20. The van der Waals surface area contributed by atoms with Crippen molar-refractivity contribution in [2.24, 2.45) is 17.6 Å². The second-order valence-electron chi connectivity index (χ2n) is 5.04. The van der Waals surface area contributed by atoms with E-state index in [4.69, 9.17) is 10.5 Å². The van der Waals surface area contributed by atoms with Gasteiger partial charge in [0.1, 0.15) is 6.61 Å². The van der Waals surface area contributed by atoms with Crippen LogP contribution in [0.1, 0.15) is 45.4 Å². The maximum absolute atomic E-state index is 11.9. The molecule has 0 saturated heterocycles. The zero-order valence-corrected chi connectivity index (χ0v) is 10.7. The minimum atomic E-state index is -2.37. The summed E-state index contributed by atoms with van der Waals surface area (Å²) in [6, 6.07) is 0.109. The number of hydrogen-bond acceptors (Lipinski definition) is 2. The molecule has 1 rings (SSSR count). The number of rotatable bonds is 7. The Balaban J connectivity index is 2.22. The van der Waals surface area contributed by atoms with E-state index in [1.807, 2.05) is 0 Å². The average Bonchev–Trinajstić information content (AvgIpc) is 2.34. The second kappa shape index (κ2) is 7.98. The summed E-state index contributed by atoms with van der Waals surface area (Å²) in [7, 11) is 0. The SMILES string of the molecule is CCC1CCCCC1C(N)CCOCC(F)F. The highest BCUT2D eigenvalue weighted by Crippen LogP contribution is 2.34. The van der Waals surface area contributed by atoms with Gasteiger partial charge in [-0.3, -0.25) is 0 Å². The van der Waals surface area contributed by atoms with Crippen molar-refractivity contribution in [1.29, 1.82) is 0 Å². The van der Waals surface area contributed by atoms with Gasteiger partial charge in [0.05, 0.1) is 0 Å². The minimum Gasteiger partial charge on any atom is -0.375 e. The van der Waals surface area contributed by atoms with Crippen molar-refractivity contribution in [3.63, 3.8) is 0 Å². The van der Waals surface area contributed by atoms with Crippen molar-refractivity contribution in [3.8, 4) is 0 Å². The fraction of sp³-hybridized carbons (Fsp3) is 1.00. The Kier molecular flexibility index (Phi) is 6.97. The van der Waals surface area contributed by atoms with Gasteiger partial charge in [-0.25, -0.2) is 8.78 Å². The molecule has 3 atom stereocenters. The Morgan fingerprint density at radius 1 is 1.29 bits per heavy atom. The van der Waals surface area contributed by atoms with E-state index in [1.54, 1.807) is 0 Å². The molecule has 102 valence electrons. The molecule has 0 amide bonds. The number of ether oxygens (including phenoxy) is 1. The van der Waals surface area contributed by atoms with Gasteiger partial charge >= 0.3 is 0 Å². The van der Waals surface area contributed by atoms with Crippen LogP contribution in [0.25, 0.3) is 0 Å². The van der Waals surface area contributed by atoms with Gasteiger partial charge in [-0.15, -0.1) is 0 Å². The van der Waals surface area contributed by atoms with Crippen molar-refractivity contribution in [3.05, 3.63) is 0 Å². The molecule has 1 saturated carbocycles. The van der Waals surface area contributed by atoms with E-state index in [-0.39, 0.29) is 6.04 Å². The van der Waals surface area contributed by atoms with Gasteiger partial charge in [0, 0.05) is 12.6 Å². The van der Waals surface area contributed by atoms with Crippen molar-refractivity contribution >= 4 is 0 Å². The third-order valence-electron chi connectivity index (χ3n) is 3.88. The van der Waals surface area contributed by atoms with E-state index in [9.17, 15) is 8.78 Å². The smallest absolute Gasteiger partial charge is 0.261 e. The van der Waals surface area contributed by atoms with Crippen LogP contribution < -0.4 is 5.73 Å². The number of nitrogens with two attached hydrogens (primary N) is 1. The summed E-state index contributed by atoms with van der Waals surface area (Å²) in [5.74, 6) is 1.28. The van der Waals surface area contributed by atoms with Gasteiger partial charge < -0.3 is 10.5 Å². The van der Waals surface area contributed by atoms with Crippen LogP contribution in [0.2, 0.25) is 0 Å². The summed E-state index contributed by atoms with van der Waals surface area (Å²) in [5, 5.41) is 0. The average molecular weight is 249 g/mol. The maximum atomic E-state index is 11.9. The Hall–Kier alpha value is -0.220. The monoisotopic (exact) mass is 249 g/mol. The van der Waals surface area contributed by atoms with Gasteiger partial charge in [-0.05, 0) is 24.7 Å². The lowest BCUT2D eigenvalue weighted by Gasteiger charge is -2.35. The second-order valence-corrected chi connectivity index (χ2v) is 5.04. The molecule has 0 aromatic heterocycles. The highest BCUT2D eigenvalue weighted by atomic mass is 19.3. The lowest BCUT2D eigenvalue weighted by atomic mass is 9.73. The normalized spacial score (nSPS) is 27.4. The van der Waals surface area contributed by atoms with Crippen LogP contribution in [0.15, 0.2) is 0 Å². The molecule has 3 unspecified atom stereocenters. The summed E-state index contributed by atoms with van der Waals surface area (Å²) in [5.41, 5.74) is 6.16. The molecule has 1 fully saturated rings. The topological polar surface area (TPSA) is 35.2 Å². The Labute approximate surface area is 103 Å². The molecular weight excluding hydrogens is 224 g/mol. The zero-order valence-electron chi connectivity index (χ0n) is 10.7. The van der Waals surface area contributed by atoms with Crippen molar-refractivity contribution in [2.45, 2.75) is 57.9 Å². The number of halogens is 2. The molecule has 17 heavy (non-hydrogen) atoms. The number of hydrogen-bond donors (Lipinski definition) is 1. The van der Waals surface area contributed by atoms with Crippen molar-refractivity contribution in [1.82, 2.24) is 0 Å². The lowest BCUT2D eigenvalue weighted by Crippen LogP contribution is -2.37. The van der Waals surface area contributed by atoms with E-state index < -0.39 is 13.0 Å². The fourth-order valence-corrected chi connectivity index (χ4v) is 2.91. The van der Waals surface area contributed by atoms with Crippen LogP contribution in [-0.4, -0.2) is 25.7 Å². The van der Waals surface area contributed by atoms with Crippen molar-refractivity contribution in [2.75, 3.05) is 13.2 Å². The van der Waals surface area contributed by atoms with E-state index in [0.29, 0.717) is 24.9 Å². The van der Waals surface area contributed by atoms with E-state index in [2.05, 4.69) is 6.92 Å². The molecule has 1 aliphatic carbocycles. The highest BCUT2D eigenvalue weighted by molar-refractivity contribution is 4.82. The first kappa shape index (κ1) is 14.8. The summed E-state index contributed by atoms with van der Waals surface area (Å²) in [4.78, 5) is 0. The summed E-state index contributed by atoms with van der Waals surface area (Å²) < 4.78 is 28.6. The first-order valence-corrected chi connectivity index (χ1v) is 6.76. The Morgan fingerprint density at radius 2 is 2.00 bits per heavy atom. The van der Waals surface area contributed by atoms with Gasteiger partial charge in [-0.1, -0.05) is 32.6 Å². The van der Waals surface area contributed by atoms with Crippen LogP contribution in [0, 0.1) is 11.8 Å². The molecular formula is C13H25F2NO. The van der Waals surface area contributed by atoms with Crippen LogP contribution in [0.4, 0.5) is 8.78 Å². The van der Waals surface area contributed by atoms with Gasteiger partial charge in [0.2, 0.25) is 0 Å². The number of alkyl halides is 2. The summed E-state index contributed by atoms with van der Waals surface area (Å²) in [6.07, 6.45) is 4.53. The van der Waals surface area contributed by atoms with Gasteiger partial charge in [0.25, 0.3) is 6.43 Å². The minimum absolute atomic E-state index is 0.109. The highest BCUT2D eigenvalue weighted by Gasteiger charge is 2.28. The molecule has 0 aliphatic heterocycles. The fourth-order valence-electron chi connectivity index (χ4n) is 2.91. The van der Waals surface area contributed by atoms with Crippen LogP contribution >= 0.6 is 0 Å². The first-order chi connectivity index (χ1) is 8.15. The zero-order chi connectivity index (χ0) is 12.7.